The first-order valence-corrected chi connectivity index (χ1v) is 4.91. The molecule has 1 nitrogen and oxygen atoms in total. The first-order valence-electron chi connectivity index (χ1n) is 4.91. The van der Waals surface area contributed by atoms with E-state index >= 15 is 0 Å². The van der Waals surface area contributed by atoms with Crippen LogP contribution in [0.2, 0.25) is 0 Å². The molecule has 0 aliphatic rings. The third-order valence-electron chi connectivity index (χ3n) is 1.88. The molecular formula is C13H16O. The maximum Gasteiger partial charge on any atom is 0.104 e. The van der Waals surface area contributed by atoms with Crippen LogP contribution in [-0.4, -0.2) is 11.7 Å². The van der Waals surface area contributed by atoms with Gasteiger partial charge in [-0.25, -0.2) is 0 Å². The van der Waals surface area contributed by atoms with Gasteiger partial charge in [-0.15, -0.1) is 0 Å². The average Bonchev–Trinajstić information content (AvgIpc) is 2.14. The second-order valence-electron chi connectivity index (χ2n) is 3.76. The van der Waals surface area contributed by atoms with Crippen molar-refractivity contribution < 1.29 is 5.11 Å². The third-order valence-corrected chi connectivity index (χ3v) is 1.88. The molecule has 0 bridgehead atoms. The van der Waals surface area contributed by atoms with Crippen LogP contribution in [0.25, 0.3) is 0 Å². The Bertz CT molecular complexity index is 342. The number of hydrogen-bond acceptors (Lipinski definition) is 1. The molecule has 0 saturated heterocycles. The molecule has 1 rings (SSSR count). The van der Waals surface area contributed by atoms with Crippen LogP contribution in [-0.2, 0) is 6.42 Å². The van der Waals surface area contributed by atoms with E-state index in [0.717, 1.165) is 12.0 Å². The quantitative estimate of drug-likeness (QED) is 0.706. The molecule has 0 fully saturated rings. The molecule has 0 aliphatic heterocycles. The maximum atomic E-state index is 8.57. The van der Waals surface area contributed by atoms with Gasteiger partial charge in [0.05, 0.1) is 0 Å². The number of aliphatic hydroxyl groups excluding tert-OH is 1. The molecule has 0 aromatic heterocycles. The van der Waals surface area contributed by atoms with Gasteiger partial charge in [0, 0.05) is 5.56 Å². The summed E-state index contributed by atoms with van der Waals surface area (Å²) in [6.07, 6.45) is 1.08. The Balaban J connectivity index is 2.78. The van der Waals surface area contributed by atoms with Gasteiger partial charge in [-0.3, -0.25) is 0 Å². The number of rotatable bonds is 2. The third kappa shape index (κ3) is 3.64. The number of aliphatic hydroxyl groups is 1. The van der Waals surface area contributed by atoms with E-state index in [4.69, 9.17) is 5.11 Å². The van der Waals surface area contributed by atoms with Gasteiger partial charge in [0.1, 0.15) is 6.61 Å². The van der Waals surface area contributed by atoms with Gasteiger partial charge >= 0.3 is 0 Å². The second-order valence-corrected chi connectivity index (χ2v) is 3.76. The fraction of sp³-hybridized carbons (Fsp3) is 0.385. The van der Waals surface area contributed by atoms with Crippen LogP contribution in [0.5, 0.6) is 0 Å². The molecule has 0 spiro atoms. The fourth-order valence-corrected chi connectivity index (χ4v) is 1.39. The van der Waals surface area contributed by atoms with Crippen molar-refractivity contribution in [1.82, 2.24) is 0 Å². The minimum absolute atomic E-state index is 0.0750. The van der Waals surface area contributed by atoms with E-state index in [2.05, 4.69) is 37.8 Å². The summed E-state index contributed by atoms with van der Waals surface area (Å²) in [6.45, 7) is 4.33. The molecule has 1 aromatic rings. The van der Waals surface area contributed by atoms with Crippen molar-refractivity contribution in [2.45, 2.75) is 20.3 Å². The van der Waals surface area contributed by atoms with Gasteiger partial charge in [0.15, 0.2) is 0 Å². The highest BCUT2D eigenvalue weighted by molar-refractivity contribution is 5.37. The minimum Gasteiger partial charge on any atom is -0.384 e. The Labute approximate surface area is 85.8 Å². The molecule has 0 atom stereocenters. The standard InChI is InChI=1S/C13H16O/c1-11(2)9-13-6-3-5-12(10-13)7-4-8-14/h3,5-6,10-11,14H,8-9H2,1-2H3. The van der Waals surface area contributed by atoms with E-state index < -0.39 is 0 Å². The highest BCUT2D eigenvalue weighted by Gasteiger charge is 1.97. The molecule has 0 radical (unpaired) electrons. The van der Waals surface area contributed by atoms with Gasteiger partial charge in [0.25, 0.3) is 0 Å². The predicted octanol–water partition coefficient (Wildman–Crippen LogP) is 2.23. The summed E-state index contributed by atoms with van der Waals surface area (Å²) >= 11 is 0. The van der Waals surface area contributed by atoms with Crippen molar-refractivity contribution in [2.24, 2.45) is 5.92 Å². The predicted molar refractivity (Wildman–Crippen MR) is 58.9 cm³/mol. The van der Waals surface area contributed by atoms with E-state index in [0.29, 0.717) is 5.92 Å². The minimum atomic E-state index is -0.0750. The van der Waals surface area contributed by atoms with Crippen LogP contribution in [0.4, 0.5) is 0 Å². The summed E-state index contributed by atoms with van der Waals surface area (Å²) in [5, 5.41) is 8.57. The van der Waals surface area contributed by atoms with Gasteiger partial charge in [-0.1, -0.05) is 37.8 Å². The highest BCUT2D eigenvalue weighted by atomic mass is 16.2. The van der Waals surface area contributed by atoms with Gasteiger partial charge in [-0.2, -0.15) is 0 Å². The largest absolute Gasteiger partial charge is 0.384 e. The zero-order chi connectivity index (χ0) is 10.4. The van der Waals surface area contributed by atoms with E-state index in [1.807, 2.05) is 12.1 Å². The highest BCUT2D eigenvalue weighted by Crippen LogP contribution is 2.09. The normalized spacial score (nSPS) is 9.71. The Morgan fingerprint density at radius 1 is 1.36 bits per heavy atom. The molecule has 1 aromatic carbocycles. The van der Waals surface area contributed by atoms with E-state index in [9.17, 15) is 0 Å². The Kier molecular flexibility index (Phi) is 4.22. The lowest BCUT2D eigenvalue weighted by molar-refractivity contribution is 0.350. The molecule has 1 heteroatoms. The van der Waals surface area contributed by atoms with Crippen LogP contribution in [0.1, 0.15) is 25.0 Å². The Morgan fingerprint density at radius 3 is 2.79 bits per heavy atom. The zero-order valence-corrected chi connectivity index (χ0v) is 8.75. The molecule has 74 valence electrons. The lowest BCUT2D eigenvalue weighted by atomic mass is 10.0. The number of benzene rings is 1. The smallest absolute Gasteiger partial charge is 0.104 e. The first-order chi connectivity index (χ1) is 6.72. The molecule has 0 saturated carbocycles. The zero-order valence-electron chi connectivity index (χ0n) is 8.75. The molecule has 0 aliphatic carbocycles. The topological polar surface area (TPSA) is 20.2 Å². The second kappa shape index (κ2) is 5.47. The van der Waals surface area contributed by atoms with Crippen molar-refractivity contribution in [1.29, 1.82) is 0 Å². The Hall–Kier alpha value is -1.26. The lowest BCUT2D eigenvalue weighted by Gasteiger charge is -2.04. The summed E-state index contributed by atoms with van der Waals surface area (Å²) in [6, 6.07) is 8.18. The van der Waals surface area contributed by atoms with Crippen LogP contribution in [0, 0.1) is 17.8 Å². The average molecular weight is 188 g/mol. The molecule has 0 heterocycles. The van der Waals surface area contributed by atoms with Crippen molar-refractivity contribution in [3.05, 3.63) is 35.4 Å². The summed E-state index contributed by atoms with van der Waals surface area (Å²) in [4.78, 5) is 0. The first kappa shape index (κ1) is 10.8. The fourth-order valence-electron chi connectivity index (χ4n) is 1.39. The summed E-state index contributed by atoms with van der Waals surface area (Å²) < 4.78 is 0. The van der Waals surface area contributed by atoms with E-state index in [-0.39, 0.29) is 6.61 Å². The Morgan fingerprint density at radius 2 is 2.14 bits per heavy atom. The summed E-state index contributed by atoms with van der Waals surface area (Å²) in [5.41, 5.74) is 2.29. The van der Waals surface area contributed by atoms with Gasteiger partial charge < -0.3 is 5.11 Å². The van der Waals surface area contributed by atoms with Crippen molar-refractivity contribution in [3.63, 3.8) is 0 Å². The molecular weight excluding hydrogens is 172 g/mol. The monoisotopic (exact) mass is 188 g/mol. The number of hydrogen-bond donors (Lipinski definition) is 1. The van der Waals surface area contributed by atoms with E-state index in [1.165, 1.54) is 5.56 Å². The van der Waals surface area contributed by atoms with Crippen LogP contribution in [0.15, 0.2) is 24.3 Å². The van der Waals surface area contributed by atoms with Crippen LogP contribution < -0.4 is 0 Å². The molecule has 0 unspecified atom stereocenters. The molecule has 1 N–H and O–H groups in total. The van der Waals surface area contributed by atoms with Crippen molar-refractivity contribution in [2.75, 3.05) is 6.61 Å². The van der Waals surface area contributed by atoms with Crippen LogP contribution in [0.3, 0.4) is 0 Å². The van der Waals surface area contributed by atoms with Crippen molar-refractivity contribution >= 4 is 0 Å². The molecule has 0 amide bonds. The summed E-state index contributed by atoms with van der Waals surface area (Å²) in [5.74, 6) is 6.22. The molecule has 14 heavy (non-hydrogen) atoms. The lowest BCUT2D eigenvalue weighted by Crippen LogP contribution is -1.93. The van der Waals surface area contributed by atoms with Gasteiger partial charge in [-0.05, 0) is 30.0 Å². The van der Waals surface area contributed by atoms with E-state index in [1.54, 1.807) is 0 Å². The van der Waals surface area contributed by atoms with Crippen molar-refractivity contribution in [3.8, 4) is 11.8 Å². The van der Waals surface area contributed by atoms with Gasteiger partial charge in [0.2, 0.25) is 0 Å². The maximum absolute atomic E-state index is 8.57. The van der Waals surface area contributed by atoms with Crippen LogP contribution >= 0.6 is 0 Å². The summed E-state index contributed by atoms with van der Waals surface area (Å²) in [7, 11) is 0. The SMILES string of the molecule is CC(C)Cc1cccc(C#CCO)c1.